The van der Waals surface area contributed by atoms with Crippen molar-refractivity contribution in [1.82, 2.24) is 5.32 Å². The lowest BCUT2D eigenvalue weighted by molar-refractivity contribution is 0.167. The number of hydrogen-bond acceptors (Lipinski definition) is 4. The van der Waals surface area contributed by atoms with Crippen LogP contribution in [0.15, 0.2) is 24.3 Å². The van der Waals surface area contributed by atoms with Gasteiger partial charge in [-0.2, -0.15) is 11.8 Å². The maximum absolute atomic E-state index is 10.3. The fraction of sp³-hybridized carbons (Fsp3) is 0.625. The van der Waals surface area contributed by atoms with Gasteiger partial charge in [-0.1, -0.05) is 12.1 Å². The molecule has 1 atom stereocenters. The van der Waals surface area contributed by atoms with Gasteiger partial charge in [-0.25, -0.2) is 0 Å². The molecule has 0 radical (unpaired) electrons. The Morgan fingerprint density at radius 1 is 1.35 bits per heavy atom. The standard InChI is InChI=1S/C16H25NO2S/c1-12(2)19-15-5-3-4-13(10-15)16(18)11-17-14-6-8-20-9-7-14/h3-5,10,12,14,16-18H,6-9,11H2,1-2H3. The van der Waals surface area contributed by atoms with Crippen LogP contribution < -0.4 is 10.1 Å². The molecule has 20 heavy (non-hydrogen) atoms. The van der Waals surface area contributed by atoms with Crippen molar-refractivity contribution in [2.24, 2.45) is 0 Å². The first kappa shape index (κ1) is 15.7. The molecule has 0 aliphatic carbocycles. The summed E-state index contributed by atoms with van der Waals surface area (Å²) in [5.41, 5.74) is 0.917. The highest BCUT2D eigenvalue weighted by atomic mass is 32.2. The van der Waals surface area contributed by atoms with Gasteiger partial charge >= 0.3 is 0 Å². The van der Waals surface area contributed by atoms with Crippen molar-refractivity contribution < 1.29 is 9.84 Å². The van der Waals surface area contributed by atoms with E-state index in [1.807, 2.05) is 49.9 Å². The second-order valence-electron chi connectivity index (χ2n) is 5.55. The van der Waals surface area contributed by atoms with Crippen LogP contribution in [0.4, 0.5) is 0 Å². The summed E-state index contributed by atoms with van der Waals surface area (Å²) in [5, 5.41) is 13.8. The molecule has 0 bridgehead atoms. The molecule has 1 aliphatic heterocycles. The van der Waals surface area contributed by atoms with Crippen LogP contribution >= 0.6 is 11.8 Å². The third-order valence-corrected chi connectivity index (χ3v) is 4.48. The first-order chi connectivity index (χ1) is 9.65. The monoisotopic (exact) mass is 295 g/mol. The molecule has 112 valence electrons. The highest BCUT2D eigenvalue weighted by Gasteiger charge is 2.15. The lowest BCUT2D eigenvalue weighted by atomic mass is 10.1. The van der Waals surface area contributed by atoms with Gasteiger partial charge in [0.15, 0.2) is 0 Å². The zero-order valence-electron chi connectivity index (χ0n) is 12.3. The molecule has 1 fully saturated rings. The summed E-state index contributed by atoms with van der Waals surface area (Å²) >= 11 is 2.02. The molecule has 3 nitrogen and oxygen atoms in total. The van der Waals surface area contributed by atoms with Gasteiger partial charge in [-0.15, -0.1) is 0 Å². The van der Waals surface area contributed by atoms with Gasteiger partial charge in [0.05, 0.1) is 12.2 Å². The Kier molecular flexibility index (Phi) is 6.20. The molecule has 4 heteroatoms. The van der Waals surface area contributed by atoms with Crippen molar-refractivity contribution in [2.75, 3.05) is 18.1 Å². The van der Waals surface area contributed by atoms with E-state index in [1.165, 1.54) is 24.3 Å². The predicted molar refractivity (Wildman–Crippen MR) is 85.5 cm³/mol. The van der Waals surface area contributed by atoms with Gasteiger partial charge < -0.3 is 15.2 Å². The molecule has 1 unspecified atom stereocenters. The number of aliphatic hydroxyl groups excluding tert-OH is 1. The fourth-order valence-electron chi connectivity index (χ4n) is 2.37. The first-order valence-electron chi connectivity index (χ1n) is 7.41. The van der Waals surface area contributed by atoms with E-state index >= 15 is 0 Å². The largest absolute Gasteiger partial charge is 0.491 e. The number of nitrogens with one attached hydrogen (secondary N) is 1. The molecule has 0 spiro atoms. The number of aliphatic hydroxyl groups is 1. The van der Waals surface area contributed by atoms with Crippen molar-refractivity contribution in [3.8, 4) is 5.75 Å². The van der Waals surface area contributed by atoms with Crippen molar-refractivity contribution >= 4 is 11.8 Å². The minimum absolute atomic E-state index is 0.153. The summed E-state index contributed by atoms with van der Waals surface area (Å²) in [6, 6.07) is 8.32. The van der Waals surface area contributed by atoms with E-state index in [0.717, 1.165) is 11.3 Å². The van der Waals surface area contributed by atoms with Gasteiger partial charge in [0, 0.05) is 12.6 Å². The maximum atomic E-state index is 10.3. The van der Waals surface area contributed by atoms with E-state index < -0.39 is 6.10 Å². The average Bonchev–Trinajstić information content (AvgIpc) is 2.45. The zero-order valence-corrected chi connectivity index (χ0v) is 13.2. The minimum atomic E-state index is -0.472. The maximum Gasteiger partial charge on any atom is 0.120 e. The third kappa shape index (κ3) is 5.00. The van der Waals surface area contributed by atoms with E-state index in [2.05, 4.69) is 5.32 Å². The lowest BCUT2D eigenvalue weighted by Crippen LogP contribution is -2.35. The summed E-state index contributed by atoms with van der Waals surface area (Å²) in [5.74, 6) is 3.28. The van der Waals surface area contributed by atoms with Crippen LogP contribution in [-0.4, -0.2) is 35.3 Å². The Balaban J connectivity index is 1.86. The highest BCUT2D eigenvalue weighted by Crippen LogP contribution is 2.21. The van der Waals surface area contributed by atoms with Gasteiger partial charge in [-0.3, -0.25) is 0 Å². The molecule has 0 amide bonds. The molecule has 1 heterocycles. The number of thioether (sulfide) groups is 1. The number of ether oxygens (including phenoxy) is 1. The van der Waals surface area contributed by atoms with Crippen LogP contribution in [0.2, 0.25) is 0 Å². The number of rotatable bonds is 6. The summed E-state index contributed by atoms with van der Waals surface area (Å²) < 4.78 is 5.67. The van der Waals surface area contributed by atoms with E-state index in [9.17, 15) is 5.11 Å². The number of benzene rings is 1. The van der Waals surface area contributed by atoms with Crippen molar-refractivity contribution in [3.05, 3.63) is 29.8 Å². The van der Waals surface area contributed by atoms with E-state index in [-0.39, 0.29) is 6.10 Å². The molecule has 0 saturated carbocycles. The second-order valence-corrected chi connectivity index (χ2v) is 6.77. The molecule has 0 aromatic heterocycles. The fourth-order valence-corrected chi connectivity index (χ4v) is 3.47. The molecular weight excluding hydrogens is 270 g/mol. The Bertz CT molecular complexity index is 405. The van der Waals surface area contributed by atoms with Gasteiger partial charge in [0.2, 0.25) is 0 Å². The normalized spacial score (nSPS) is 18.2. The summed E-state index contributed by atoms with van der Waals surface area (Å²) in [4.78, 5) is 0. The SMILES string of the molecule is CC(C)Oc1cccc(C(O)CNC2CCSCC2)c1. The minimum Gasteiger partial charge on any atom is -0.491 e. The van der Waals surface area contributed by atoms with Crippen LogP contribution in [-0.2, 0) is 0 Å². The van der Waals surface area contributed by atoms with Crippen LogP contribution in [0.3, 0.4) is 0 Å². The Hall–Kier alpha value is -0.710. The van der Waals surface area contributed by atoms with Crippen molar-refractivity contribution in [3.63, 3.8) is 0 Å². The Morgan fingerprint density at radius 2 is 2.10 bits per heavy atom. The van der Waals surface area contributed by atoms with Crippen LogP contribution in [0.5, 0.6) is 5.75 Å². The smallest absolute Gasteiger partial charge is 0.120 e. The van der Waals surface area contributed by atoms with E-state index in [0.29, 0.717) is 12.6 Å². The molecule has 1 aliphatic rings. The van der Waals surface area contributed by atoms with Crippen LogP contribution in [0.1, 0.15) is 38.4 Å². The average molecular weight is 295 g/mol. The molecule has 1 aromatic rings. The highest BCUT2D eigenvalue weighted by molar-refractivity contribution is 7.99. The van der Waals surface area contributed by atoms with Gasteiger partial charge in [-0.05, 0) is 55.9 Å². The van der Waals surface area contributed by atoms with Crippen LogP contribution in [0, 0.1) is 0 Å². The Morgan fingerprint density at radius 3 is 2.80 bits per heavy atom. The van der Waals surface area contributed by atoms with Crippen molar-refractivity contribution in [2.45, 2.75) is 44.9 Å². The molecule has 2 rings (SSSR count). The molecule has 1 aromatic carbocycles. The van der Waals surface area contributed by atoms with Crippen LogP contribution in [0.25, 0.3) is 0 Å². The molecular formula is C16H25NO2S. The predicted octanol–water partition coefficient (Wildman–Crippen LogP) is 2.99. The molecule has 2 N–H and O–H groups in total. The first-order valence-corrected chi connectivity index (χ1v) is 8.56. The quantitative estimate of drug-likeness (QED) is 0.846. The van der Waals surface area contributed by atoms with Crippen molar-refractivity contribution in [1.29, 1.82) is 0 Å². The van der Waals surface area contributed by atoms with E-state index in [1.54, 1.807) is 0 Å². The lowest BCUT2D eigenvalue weighted by Gasteiger charge is -2.24. The Labute approximate surface area is 126 Å². The third-order valence-electron chi connectivity index (χ3n) is 3.44. The molecule has 1 saturated heterocycles. The number of hydrogen-bond donors (Lipinski definition) is 2. The van der Waals surface area contributed by atoms with Gasteiger partial charge in [0.1, 0.15) is 5.75 Å². The summed E-state index contributed by atoms with van der Waals surface area (Å²) in [6.07, 6.45) is 2.09. The van der Waals surface area contributed by atoms with Gasteiger partial charge in [0.25, 0.3) is 0 Å². The zero-order chi connectivity index (χ0) is 14.4. The summed E-state index contributed by atoms with van der Waals surface area (Å²) in [7, 11) is 0. The second kappa shape index (κ2) is 7.91. The van der Waals surface area contributed by atoms with E-state index in [4.69, 9.17) is 4.74 Å². The topological polar surface area (TPSA) is 41.5 Å². The summed E-state index contributed by atoms with van der Waals surface area (Å²) in [6.45, 7) is 4.62.